The Hall–Kier alpha value is -2.38. The average Bonchev–Trinajstić information content (AvgIpc) is 3.26. The highest BCUT2D eigenvalue weighted by Crippen LogP contribution is 2.23. The molecule has 0 saturated heterocycles. The minimum Gasteiger partial charge on any atom is -0.467 e. The molecule has 3 rings (SSSR count). The standard InChI is InChI=1S/C14H13N3O3S/c18-8-11(12-3-1-5-20-12)15-14(19)10-7-9(16-17-10)13-4-2-6-21-13/h1-7,11,18H,8H2,(H,15,19)(H,16,17). The van der Waals surface area contributed by atoms with Crippen LogP contribution in [0.4, 0.5) is 0 Å². The molecule has 3 heterocycles. The number of amides is 1. The summed E-state index contributed by atoms with van der Waals surface area (Å²) in [4.78, 5) is 13.2. The summed E-state index contributed by atoms with van der Waals surface area (Å²) in [6, 6.07) is 8.36. The highest BCUT2D eigenvalue weighted by Gasteiger charge is 2.19. The van der Waals surface area contributed by atoms with Crippen LogP contribution >= 0.6 is 11.3 Å². The Labute approximate surface area is 124 Å². The normalized spacial score (nSPS) is 12.2. The molecule has 0 aliphatic carbocycles. The third-order valence-electron chi connectivity index (χ3n) is 2.97. The van der Waals surface area contributed by atoms with Crippen LogP contribution in [0.2, 0.25) is 0 Å². The predicted octanol–water partition coefficient (Wildman–Crippen LogP) is 2.19. The number of thiophene rings is 1. The molecule has 3 aromatic rings. The Kier molecular flexibility index (Phi) is 3.85. The maximum Gasteiger partial charge on any atom is 0.272 e. The predicted molar refractivity (Wildman–Crippen MR) is 77.9 cm³/mol. The van der Waals surface area contributed by atoms with Gasteiger partial charge < -0.3 is 14.8 Å². The van der Waals surface area contributed by atoms with Crippen LogP contribution in [0.25, 0.3) is 10.6 Å². The van der Waals surface area contributed by atoms with Crippen molar-refractivity contribution in [1.82, 2.24) is 15.5 Å². The van der Waals surface area contributed by atoms with Gasteiger partial charge in [0, 0.05) is 0 Å². The van der Waals surface area contributed by atoms with E-state index in [1.165, 1.54) is 6.26 Å². The molecular formula is C14H13N3O3S. The molecule has 108 valence electrons. The quantitative estimate of drug-likeness (QED) is 0.674. The topological polar surface area (TPSA) is 91.1 Å². The van der Waals surface area contributed by atoms with Crippen LogP contribution in [-0.2, 0) is 0 Å². The first-order valence-corrected chi connectivity index (χ1v) is 7.20. The van der Waals surface area contributed by atoms with Crippen molar-refractivity contribution in [3.8, 4) is 10.6 Å². The summed E-state index contributed by atoms with van der Waals surface area (Å²) in [6.07, 6.45) is 1.49. The first-order valence-electron chi connectivity index (χ1n) is 6.32. The first kappa shape index (κ1) is 13.6. The Balaban J connectivity index is 1.73. The van der Waals surface area contributed by atoms with E-state index in [0.29, 0.717) is 5.76 Å². The smallest absolute Gasteiger partial charge is 0.272 e. The number of H-pyrrole nitrogens is 1. The maximum atomic E-state index is 12.1. The maximum absolute atomic E-state index is 12.1. The molecule has 3 aromatic heterocycles. The van der Waals surface area contributed by atoms with Gasteiger partial charge in [-0.05, 0) is 29.6 Å². The van der Waals surface area contributed by atoms with Crippen LogP contribution in [-0.4, -0.2) is 27.8 Å². The van der Waals surface area contributed by atoms with Crippen LogP contribution in [0.1, 0.15) is 22.3 Å². The molecule has 0 aliphatic heterocycles. The fourth-order valence-corrected chi connectivity index (χ4v) is 2.62. The van der Waals surface area contributed by atoms with E-state index in [4.69, 9.17) is 4.42 Å². The lowest BCUT2D eigenvalue weighted by Gasteiger charge is -2.12. The molecule has 6 nitrogen and oxygen atoms in total. The van der Waals surface area contributed by atoms with Gasteiger partial charge in [-0.3, -0.25) is 9.89 Å². The lowest BCUT2D eigenvalue weighted by atomic mass is 10.2. The molecular weight excluding hydrogens is 290 g/mol. The molecule has 0 spiro atoms. The van der Waals surface area contributed by atoms with Crippen LogP contribution in [0.15, 0.2) is 46.4 Å². The number of hydrogen-bond acceptors (Lipinski definition) is 5. The van der Waals surface area contributed by atoms with Gasteiger partial charge in [-0.25, -0.2) is 0 Å². The highest BCUT2D eigenvalue weighted by atomic mass is 32.1. The molecule has 0 aromatic carbocycles. The number of aliphatic hydroxyl groups excluding tert-OH is 1. The summed E-state index contributed by atoms with van der Waals surface area (Å²) in [5.74, 6) is 0.129. The summed E-state index contributed by atoms with van der Waals surface area (Å²) in [7, 11) is 0. The van der Waals surface area contributed by atoms with Gasteiger partial charge in [-0.15, -0.1) is 11.3 Å². The minimum absolute atomic E-state index is 0.249. The third-order valence-corrected chi connectivity index (χ3v) is 3.87. The van der Waals surface area contributed by atoms with E-state index in [0.717, 1.165) is 10.6 Å². The van der Waals surface area contributed by atoms with E-state index >= 15 is 0 Å². The van der Waals surface area contributed by atoms with Crippen LogP contribution in [0.5, 0.6) is 0 Å². The molecule has 1 atom stereocenters. The van der Waals surface area contributed by atoms with Crippen molar-refractivity contribution in [2.75, 3.05) is 6.61 Å². The Morgan fingerprint density at radius 1 is 1.48 bits per heavy atom. The van der Waals surface area contributed by atoms with E-state index in [-0.39, 0.29) is 18.2 Å². The number of aromatic nitrogens is 2. The molecule has 1 amide bonds. The van der Waals surface area contributed by atoms with Gasteiger partial charge in [0.2, 0.25) is 0 Å². The van der Waals surface area contributed by atoms with Crippen molar-refractivity contribution >= 4 is 17.2 Å². The SMILES string of the molecule is O=C(NC(CO)c1ccco1)c1cc(-c2cccs2)[nH]n1. The first-order chi connectivity index (χ1) is 10.3. The summed E-state index contributed by atoms with van der Waals surface area (Å²) in [5.41, 5.74) is 1.05. The molecule has 0 bridgehead atoms. The fraction of sp³-hybridized carbons (Fsp3) is 0.143. The van der Waals surface area contributed by atoms with Gasteiger partial charge >= 0.3 is 0 Å². The number of aliphatic hydroxyl groups is 1. The van der Waals surface area contributed by atoms with Gasteiger partial charge in [-0.1, -0.05) is 6.07 Å². The Morgan fingerprint density at radius 3 is 3.05 bits per heavy atom. The highest BCUT2D eigenvalue weighted by molar-refractivity contribution is 7.13. The molecule has 0 aliphatic rings. The van der Waals surface area contributed by atoms with Crippen LogP contribution in [0.3, 0.4) is 0 Å². The zero-order chi connectivity index (χ0) is 14.7. The third kappa shape index (κ3) is 2.88. The molecule has 0 radical (unpaired) electrons. The monoisotopic (exact) mass is 303 g/mol. The number of furan rings is 1. The van der Waals surface area contributed by atoms with E-state index in [2.05, 4.69) is 15.5 Å². The van der Waals surface area contributed by atoms with Gasteiger partial charge in [-0.2, -0.15) is 5.10 Å². The lowest BCUT2D eigenvalue weighted by Crippen LogP contribution is -2.30. The molecule has 3 N–H and O–H groups in total. The van der Waals surface area contributed by atoms with Crippen LogP contribution in [0, 0.1) is 0 Å². The van der Waals surface area contributed by atoms with E-state index < -0.39 is 6.04 Å². The summed E-state index contributed by atoms with van der Waals surface area (Å²) >= 11 is 1.56. The summed E-state index contributed by atoms with van der Waals surface area (Å²) in [5, 5.41) is 20.8. The zero-order valence-electron chi connectivity index (χ0n) is 10.9. The summed E-state index contributed by atoms with van der Waals surface area (Å²) in [6.45, 7) is -0.249. The molecule has 1 unspecified atom stereocenters. The van der Waals surface area contributed by atoms with Gasteiger partial charge in [0.15, 0.2) is 5.69 Å². The number of hydrogen-bond donors (Lipinski definition) is 3. The molecule has 0 fully saturated rings. The number of carbonyl (C=O) groups is 1. The lowest BCUT2D eigenvalue weighted by molar-refractivity contribution is 0.0902. The summed E-state index contributed by atoms with van der Waals surface area (Å²) < 4.78 is 5.19. The number of nitrogens with zero attached hydrogens (tertiary/aromatic N) is 1. The second-order valence-electron chi connectivity index (χ2n) is 4.37. The zero-order valence-corrected chi connectivity index (χ0v) is 11.8. The van der Waals surface area contributed by atoms with Crippen LogP contribution < -0.4 is 5.32 Å². The minimum atomic E-state index is -0.589. The average molecular weight is 303 g/mol. The molecule has 21 heavy (non-hydrogen) atoms. The second-order valence-corrected chi connectivity index (χ2v) is 5.32. The Morgan fingerprint density at radius 2 is 2.38 bits per heavy atom. The van der Waals surface area contributed by atoms with Crippen molar-refractivity contribution in [2.24, 2.45) is 0 Å². The van der Waals surface area contributed by atoms with Crippen molar-refractivity contribution in [1.29, 1.82) is 0 Å². The van der Waals surface area contributed by atoms with Gasteiger partial charge in [0.25, 0.3) is 5.91 Å². The van der Waals surface area contributed by atoms with Crippen molar-refractivity contribution in [3.05, 3.63) is 53.4 Å². The van der Waals surface area contributed by atoms with Crippen molar-refractivity contribution < 1.29 is 14.3 Å². The number of aromatic amines is 1. The molecule has 7 heteroatoms. The van der Waals surface area contributed by atoms with Crippen molar-refractivity contribution in [2.45, 2.75) is 6.04 Å². The number of carbonyl (C=O) groups excluding carboxylic acids is 1. The Bertz CT molecular complexity index is 704. The van der Waals surface area contributed by atoms with Gasteiger partial charge in [0.1, 0.15) is 11.8 Å². The van der Waals surface area contributed by atoms with Gasteiger partial charge in [0.05, 0.1) is 23.4 Å². The van der Waals surface area contributed by atoms with E-state index in [1.807, 2.05) is 17.5 Å². The number of rotatable bonds is 5. The number of nitrogens with one attached hydrogen (secondary N) is 2. The molecule has 0 saturated carbocycles. The fourth-order valence-electron chi connectivity index (χ4n) is 1.92. The van der Waals surface area contributed by atoms with E-state index in [1.54, 1.807) is 29.5 Å². The largest absolute Gasteiger partial charge is 0.467 e. The van der Waals surface area contributed by atoms with Crippen molar-refractivity contribution in [3.63, 3.8) is 0 Å². The second kappa shape index (κ2) is 5.94. The van der Waals surface area contributed by atoms with E-state index in [9.17, 15) is 9.90 Å².